The maximum absolute atomic E-state index is 12.5. The Kier molecular flexibility index (Phi) is 7.36. The molecule has 150 valence electrons. The number of hydrogen-bond donors (Lipinski definition) is 1. The normalized spacial score (nSPS) is 10.8. The van der Waals surface area contributed by atoms with Crippen LogP contribution in [0.4, 0.5) is 0 Å². The number of benzene rings is 3. The molecule has 0 aliphatic rings. The van der Waals surface area contributed by atoms with Crippen molar-refractivity contribution < 1.29 is 9.53 Å². The van der Waals surface area contributed by atoms with Crippen molar-refractivity contribution in [2.24, 2.45) is 0 Å². The van der Waals surface area contributed by atoms with Crippen molar-refractivity contribution in [2.75, 3.05) is 0 Å². The Morgan fingerprint density at radius 2 is 1.69 bits per heavy atom. The van der Waals surface area contributed by atoms with Crippen LogP contribution in [0.15, 0.2) is 77.7 Å². The summed E-state index contributed by atoms with van der Waals surface area (Å²) in [6, 6.07) is 24.2. The minimum absolute atomic E-state index is 0.0714. The minimum Gasteiger partial charge on any atom is -0.491 e. The summed E-state index contributed by atoms with van der Waals surface area (Å²) in [5, 5.41) is 2.98. The van der Waals surface area contributed by atoms with E-state index in [1.54, 1.807) is 11.8 Å². The van der Waals surface area contributed by atoms with Crippen LogP contribution in [0.3, 0.4) is 0 Å². The molecule has 0 saturated carbocycles. The zero-order chi connectivity index (χ0) is 20.6. The van der Waals surface area contributed by atoms with Gasteiger partial charge in [0.25, 0.3) is 5.91 Å². The van der Waals surface area contributed by atoms with E-state index in [9.17, 15) is 4.79 Å². The Labute approximate surface area is 177 Å². The average Bonchev–Trinajstić information content (AvgIpc) is 2.72. The lowest BCUT2D eigenvalue weighted by atomic mass is 10.1. The maximum Gasteiger partial charge on any atom is 0.251 e. The number of nitrogens with one attached hydrogen (secondary N) is 1. The van der Waals surface area contributed by atoms with E-state index in [-0.39, 0.29) is 12.0 Å². The first kappa shape index (κ1) is 21.0. The highest BCUT2D eigenvalue weighted by atomic mass is 32.2. The first-order valence-corrected chi connectivity index (χ1v) is 10.8. The Bertz CT molecular complexity index is 934. The number of hydrogen-bond acceptors (Lipinski definition) is 3. The third-order valence-electron chi connectivity index (χ3n) is 4.37. The van der Waals surface area contributed by atoms with Crippen LogP contribution in [-0.2, 0) is 12.3 Å². The van der Waals surface area contributed by atoms with Crippen LogP contribution in [0, 0.1) is 6.92 Å². The summed E-state index contributed by atoms with van der Waals surface area (Å²) in [6.45, 7) is 6.56. The summed E-state index contributed by atoms with van der Waals surface area (Å²) >= 11 is 1.80. The van der Waals surface area contributed by atoms with Crippen LogP contribution in [0.1, 0.15) is 40.9 Å². The first-order valence-electron chi connectivity index (χ1n) is 9.82. The topological polar surface area (TPSA) is 38.3 Å². The highest BCUT2D eigenvalue weighted by Gasteiger charge is 2.07. The smallest absolute Gasteiger partial charge is 0.251 e. The summed E-state index contributed by atoms with van der Waals surface area (Å²) in [6.07, 6.45) is 0.127. The molecule has 3 aromatic rings. The monoisotopic (exact) mass is 405 g/mol. The molecule has 0 bridgehead atoms. The molecule has 3 aromatic carbocycles. The van der Waals surface area contributed by atoms with E-state index in [4.69, 9.17) is 4.74 Å². The Morgan fingerprint density at radius 1 is 0.966 bits per heavy atom. The van der Waals surface area contributed by atoms with Crippen LogP contribution in [-0.4, -0.2) is 12.0 Å². The molecule has 0 saturated heterocycles. The van der Waals surface area contributed by atoms with Gasteiger partial charge in [0.15, 0.2) is 0 Å². The van der Waals surface area contributed by atoms with Crippen LogP contribution in [0.5, 0.6) is 5.75 Å². The van der Waals surface area contributed by atoms with Gasteiger partial charge in [-0.2, -0.15) is 0 Å². The molecule has 0 aliphatic heterocycles. The van der Waals surface area contributed by atoms with E-state index in [1.165, 1.54) is 16.0 Å². The Morgan fingerprint density at radius 3 is 2.38 bits per heavy atom. The molecule has 1 N–H and O–H groups in total. The Balaban J connectivity index is 1.51. The van der Waals surface area contributed by atoms with E-state index in [2.05, 4.69) is 36.5 Å². The van der Waals surface area contributed by atoms with Gasteiger partial charge in [0.1, 0.15) is 5.75 Å². The SMILES string of the molecule is Cc1ccc(SCc2ccc(C(=O)NCc3cccc(OC(C)C)c3)cc2)cc1. The van der Waals surface area contributed by atoms with Gasteiger partial charge in [-0.3, -0.25) is 4.79 Å². The van der Waals surface area contributed by atoms with Gasteiger partial charge >= 0.3 is 0 Å². The van der Waals surface area contributed by atoms with Crippen molar-refractivity contribution >= 4 is 17.7 Å². The van der Waals surface area contributed by atoms with E-state index in [0.717, 1.165) is 17.1 Å². The summed E-state index contributed by atoms with van der Waals surface area (Å²) in [5.41, 5.74) is 4.15. The highest BCUT2D eigenvalue weighted by molar-refractivity contribution is 7.98. The number of rotatable bonds is 8. The summed E-state index contributed by atoms with van der Waals surface area (Å²) in [5.74, 6) is 1.63. The molecule has 3 rings (SSSR count). The predicted octanol–water partition coefficient (Wildman–Crippen LogP) is 6.00. The Hall–Kier alpha value is -2.72. The van der Waals surface area contributed by atoms with Crippen molar-refractivity contribution in [2.45, 2.75) is 44.1 Å². The van der Waals surface area contributed by atoms with E-state index in [0.29, 0.717) is 12.1 Å². The van der Waals surface area contributed by atoms with E-state index < -0.39 is 0 Å². The number of aryl methyl sites for hydroxylation is 1. The standard InChI is InChI=1S/C25H27NO2S/c1-18(2)28-23-6-4-5-21(15-23)16-26-25(27)22-11-9-20(10-12-22)17-29-24-13-7-19(3)8-14-24/h4-15,18H,16-17H2,1-3H3,(H,26,27). The molecule has 0 heterocycles. The van der Waals surface area contributed by atoms with Gasteiger partial charge < -0.3 is 10.1 Å². The molecule has 0 aromatic heterocycles. The fourth-order valence-corrected chi connectivity index (χ4v) is 3.69. The first-order chi connectivity index (χ1) is 14.0. The fourth-order valence-electron chi connectivity index (χ4n) is 2.84. The molecule has 0 radical (unpaired) electrons. The number of ether oxygens (including phenoxy) is 1. The lowest BCUT2D eigenvalue weighted by Crippen LogP contribution is -2.22. The quantitative estimate of drug-likeness (QED) is 0.467. The van der Waals surface area contributed by atoms with Gasteiger partial charge in [-0.1, -0.05) is 42.0 Å². The molecule has 0 spiro atoms. The summed E-state index contributed by atoms with van der Waals surface area (Å²) in [7, 11) is 0. The third kappa shape index (κ3) is 6.68. The van der Waals surface area contributed by atoms with Gasteiger partial charge in [-0.25, -0.2) is 0 Å². The molecule has 0 atom stereocenters. The lowest BCUT2D eigenvalue weighted by molar-refractivity contribution is 0.0951. The summed E-state index contributed by atoms with van der Waals surface area (Å²) < 4.78 is 5.71. The minimum atomic E-state index is -0.0714. The highest BCUT2D eigenvalue weighted by Crippen LogP contribution is 2.23. The maximum atomic E-state index is 12.5. The predicted molar refractivity (Wildman–Crippen MR) is 121 cm³/mol. The van der Waals surface area contributed by atoms with Gasteiger partial charge in [0.2, 0.25) is 0 Å². The largest absolute Gasteiger partial charge is 0.491 e. The third-order valence-corrected chi connectivity index (χ3v) is 5.45. The number of carbonyl (C=O) groups is 1. The van der Waals surface area contributed by atoms with E-state index >= 15 is 0 Å². The van der Waals surface area contributed by atoms with Crippen molar-refractivity contribution in [3.05, 3.63) is 95.1 Å². The molecular formula is C25H27NO2S. The summed E-state index contributed by atoms with van der Waals surface area (Å²) in [4.78, 5) is 13.7. The second-order valence-electron chi connectivity index (χ2n) is 7.30. The zero-order valence-electron chi connectivity index (χ0n) is 17.1. The molecule has 0 fully saturated rings. The molecule has 3 nitrogen and oxygen atoms in total. The van der Waals surface area contributed by atoms with Crippen LogP contribution in [0.2, 0.25) is 0 Å². The van der Waals surface area contributed by atoms with Gasteiger partial charge in [-0.15, -0.1) is 11.8 Å². The fraction of sp³-hybridized carbons (Fsp3) is 0.240. The average molecular weight is 406 g/mol. The lowest BCUT2D eigenvalue weighted by Gasteiger charge is -2.11. The number of carbonyl (C=O) groups excluding carboxylic acids is 1. The molecule has 1 amide bonds. The molecular weight excluding hydrogens is 378 g/mol. The second kappa shape index (κ2) is 10.2. The van der Waals surface area contributed by atoms with Crippen molar-refractivity contribution in [1.29, 1.82) is 0 Å². The van der Waals surface area contributed by atoms with Crippen LogP contribution >= 0.6 is 11.8 Å². The van der Waals surface area contributed by atoms with Gasteiger partial charge in [-0.05, 0) is 68.3 Å². The van der Waals surface area contributed by atoms with Gasteiger partial charge in [0, 0.05) is 22.8 Å². The number of thioether (sulfide) groups is 1. The van der Waals surface area contributed by atoms with Crippen LogP contribution < -0.4 is 10.1 Å². The van der Waals surface area contributed by atoms with Gasteiger partial charge in [0.05, 0.1) is 6.10 Å². The molecule has 0 aliphatic carbocycles. The van der Waals surface area contributed by atoms with Crippen molar-refractivity contribution in [3.8, 4) is 5.75 Å². The van der Waals surface area contributed by atoms with Crippen molar-refractivity contribution in [1.82, 2.24) is 5.32 Å². The second-order valence-corrected chi connectivity index (χ2v) is 8.34. The number of amides is 1. The molecule has 29 heavy (non-hydrogen) atoms. The molecule has 0 unspecified atom stereocenters. The zero-order valence-corrected chi connectivity index (χ0v) is 18.0. The van der Waals surface area contributed by atoms with Crippen LogP contribution in [0.25, 0.3) is 0 Å². The van der Waals surface area contributed by atoms with E-state index in [1.807, 2.05) is 62.4 Å². The van der Waals surface area contributed by atoms with Crippen molar-refractivity contribution in [3.63, 3.8) is 0 Å². The molecule has 4 heteroatoms.